The maximum absolute atomic E-state index is 5.30. The van der Waals surface area contributed by atoms with Crippen molar-refractivity contribution in [2.75, 3.05) is 45.6 Å². The molecule has 0 spiro atoms. The van der Waals surface area contributed by atoms with Gasteiger partial charge in [-0.05, 0) is 38.0 Å². The monoisotopic (exact) mass is 327 g/mol. The fraction of sp³-hybridized carbons (Fsp3) is 0.941. The van der Waals surface area contributed by atoms with Crippen LogP contribution >= 0.6 is 11.8 Å². The van der Waals surface area contributed by atoms with Gasteiger partial charge in [-0.3, -0.25) is 4.99 Å². The van der Waals surface area contributed by atoms with Crippen molar-refractivity contribution in [2.45, 2.75) is 51.2 Å². The summed E-state index contributed by atoms with van der Waals surface area (Å²) in [6, 6.07) is 0. The lowest BCUT2D eigenvalue weighted by Crippen LogP contribution is -2.48. The molecule has 1 saturated heterocycles. The molecule has 5 heteroatoms. The lowest BCUT2D eigenvalue weighted by molar-refractivity contribution is 0.0776. The minimum atomic E-state index is 0.408. The number of rotatable bonds is 7. The summed E-state index contributed by atoms with van der Waals surface area (Å²) in [6.07, 6.45) is 6.38. The largest absolute Gasteiger partial charge is 0.385 e. The lowest BCUT2D eigenvalue weighted by atomic mass is 9.67. The van der Waals surface area contributed by atoms with Crippen molar-refractivity contribution < 1.29 is 4.74 Å². The second kappa shape index (κ2) is 9.02. The Labute approximate surface area is 140 Å². The first-order valence-electron chi connectivity index (χ1n) is 8.87. The Hall–Kier alpha value is -0.420. The normalized spacial score (nSPS) is 25.0. The molecule has 128 valence electrons. The molecule has 0 aromatic heterocycles. The van der Waals surface area contributed by atoms with Crippen molar-refractivity contribution in [3.8, 4) is 0 Å². The summed E-state index contributed by atoms with van der Waals surface area (Å²) in [5.74, 6) is 2.35. The standard InChI is InChI=1S/C17H33N3OS/c1-4-15-13-20(10-12-22-15)16(18-5-2)19-14-17(7-6-8-17)9-11-21-3/h15H,4-14H2,1-3H3,(H,18,19). The number of thioether (sulfide) groups is 1. The van der Waals surface area contributed by atoms with Crippen LogP contribution in [0.5, 0.6) is 0 Å². The summed E-state index contributed by atoms with van der Waals surface area (Å²) in [7, 11) is 1.80. The number of hydrogen-bond donors (Lipinski definition) is 1. The highest BCUT2D eigenvalue weighted by Crippen LogP contribution is 2.44. The van der Waals surface area contributed by atoms with Gasteiger partial charge in [-0.25, -0.2) is 0 Å². The van der Waals surface area contributed by atoms with Crippen LogP contribution in [0.2, 0.25) is 0 Å². The first-order chi connectivity index (χ1) is 10.7. The fourth-order valence-electron chi connectivity index (χ4n) is 3.31. The first kappa shape index (κ1) is 17.9. The number of nitrogens with zero attached hydrogens (tertiary/aromatic N) is 2. The van der Waals surface area contributed by atoms with E-state index in [0.717, 1.165) is 50.4 Å². The molecule has 0 amide bonds. The molecule has 2 rings (SSSR count). The molecule has 1 aliphatic carbocycles. The van der Waals surface area contributed by atoms with E-state index in [1.807, 2.05) is 0 Å². The summed E-state index contributed by atoms with van der Waals surface area (Å²) < 4.78 is 5.30. The molecule has 1 unspecified atom stereocenters. The third kappa shape index (κ3) is 4.79. The van der Waals surface area contributed by atoms with Crippen LogP contribution in [-0.2, 0) is 4.74 Å². The molecule has 0 aromatic carbocycles. The van der Waals surface area contributed by atoms with Crippen LogP contribution in [0, 0.1) is 5.41 Å². The molecule has 0 bridgehead atoms. The average molecular weight is 328 g/mol. The summed E-state index contributed by atoms with van der Waals surface area (Å²) in [5.41, 5.74) is 0.408. The van der Waals surface area contributed by atoms with E-state index in [-0.39, 0.29) is 0 Å². The van der Waals surface area contributed by atoms with E-state index in [9.17, 15) is 0 Å². The van der Waals surface area contributed by atoms with Crippen molar-refractivity contribution in [3.05, 3.63) is 0 Å². The van der Waals surface area contributed by atoms with Gasteiger partial charge in [-0.15, -0.1) is 0 Å². The SMILES string of the molecule is CCNC(=NCC1(CCOC)CCC1)N1CCSC(CC)C1. The second-order valence-electron chi connectivity index (χ2n) is 6.61. The van der Waals surface area contributed by atoms with Crippen LogP contribution in [-0.4, -0.2) is 61.8 Å². The first-order valence-corrected chi connectivity index (χ1v) is 9.91. The van der Waals surface area contributed by atoms with Crippen LogP contribution in [0.15, 0.2) is 4.99 Å². The van der Waals surface area contributed by atoms with Gasteiger partial charge in [-0.2, -0.15) is 11.8 Å². The van der Waals surface area contributed by atoms with Crippen molar-refractivity contribution in [1.29, 1.82) is 0 Å². The van der Waals surface area contributed by atoms with E-state index in [1.165, 1.54) is 31.4 Å². The molecule has 22 heavy (non-hydrogen) atoms. The Morgan fingerprint density at radius 1 is 1.41 bits per heavy atom. The minimum Gasteiger partial charge on any atom is -0.385 e. The zero-order valence-corrected chi connectivity index (χ0v) is 15.4. The Morgan fingerprint density at radius 3 is 2.82 bits per heavy atom. The van der Waals surface area contributed by atoms with Crippen LogP contribution in [0.25, 0.3) is 0 Å². The third-order valence-corrected chi connectivity index (χ3v) is 6.42. The molecule has 2 aliphatic rings. The third-order valence-electron chi connectivity index (χ3n) is 5.04. The Kier molecular flexibility index (Phi) is 7.35. The number of hydrogen-bond acceptors (Lipinski definition) is 3. The van der Waals surface area contributed by atoms with Gasteiger partial charge < -0.3 is 15.0 Å². The maximum atomic E-state index is 5.30. The zero-order chi connectivity index (χ0) is 15.8. The molecule has 1 saturated carbocycles. The topological polar surface area (TPSA) is 36.9 Å². The van der Waals surface area contributed by atoms with E-state index in [1.54, 1.807) is 7.11 Å². The average Bonchev–Trinajstić information content (AvgIpc) is 2.52. The van der Waals surface area contributed by atoms with E-state index < -0.39 is 0 Å². The quantitative estimate of drug-likeness (QED) is 0.576. The van der Waals surface area contributed by atoms with Gasteiger partial charge in [0, 0.05) is 50.9 Å². The molecule has 1 N–H and O–H groups in total. The highest BCUT2D eigenvalue weighted by atomic mass is 32.2. The second-order valence-corrected chi connectivity index (χ2v) is 8.02. The molecule has 4 nitrogen and oxygen atoms in total. The van der Waals surface area contributed by atoms with Gasteiger partial charge in [0.25, 0.3) is 0 Å². The number of aliphatic imine (C=N–C) groups is 1. The van der Waals surface area contributed by atoms with Crippen molar-refractivity contribution in [3.63, 3.8) is 0 Å². The van der Waals surface area contributed by atoms with E-state index in [4.69, 9.17) is 9.73 Å². The van der Waals surface area contributed by atoms with Gasteiger partial charge in [0.05, 0.1) is 0 Å². The smallest absolute Gasteiger partial charge is 0.193 e. The Bertz CT molecular complexity index is 358. The summed E-state index contributed by atoms with van der Waals surface area (Å²) in [5, 5.41) is 4.26. The molecule has 1 atom stereocenters. The molecule has 1 heterocycles. The zero-order valence-electron chi connectivity index (χ0n) is 14.6. The van der Waals surface area contributed by atoms with Gasteiger partial charge in [0.1, 0.15) is 0 Å². The summed E-state index contributed by atoms with van der Waals surface area (Å²) >= 11 is 2.11. The number of nitrogens with one attached hydrogen (secondary N) is 1. The van der Waals surface area contributed by atoms with Crippen LogP contribution in [0.1, 0.15) is 46.0 Å². The predicted molar refractivity (Wildman–Crippen MR) is 96.9 cm³/mol. The molecular weight excluding hydrogens is 294 g/mol. The Morgan fingerprint density at radius 2 is 2.23 bits per heavy atom. The number of ether oxygens (including phenoxy) is 1. The summed E-state index contributed by atoms with van der Waals surface area (Å²) in [4.78, 5) is 7.49. The summed E-state index contributed by atoms with van der Waals surface area (Å²) in [6.45, 7) is 9.48. The number of methoxy groups -OCH3 is 1. The minimum absolute atomic E-state index is 0.408. The maximum Gasteiger partial charge on any atom is 0.193 e. The van der Waals surface area contributed by atoms with Gasteiger partial charge >= 0.3 is 0 Å². The van der Waals surface area contributed by atoms with Crippen molar-refractivity contribution in [1.82, 2.24) is 10.2 Å². The number of guanidine groups is 1. The highest BCUT2D eigenvalue weighted by molar-refractivity contribution is 8.00. The highest BCUT2D eigenvalue weighted by Gasteiger charge is 2.36. The Balaban J connectivity index is 1.96. The predicted octanol–water partition coefficient (Wildman–Crippen LogP) is 2.99. The molecule has 0 aromatic rings. The molecule has 1 aliphatic heterocycles. The molecule has 0 radical (unpaired) electrons. The van der Waals surface area contributed by atoms with E-state index in [2.05, 4.69) is 35.8 Å². The fourth-order valence-corrected chi connectivity index (χ4v) is 4.49. The van der Waals surface area contributed by atoms with Crippen molar-refractivity contribution in [2.24, 2.45) is 10.4 Å². The van der Waals surface area contributed by atoms with Gasteiger partial charge in [0.15, 0.2) is 5.96 Å². The van der Waals surface area contributed by atoms with Gasteiger partial charge in [0.2, 0.25) is 0 Å². The van der Waals surface area contributed by atoms with Crippen molar-refractivity contribution >= 4 is 17.7 Å². The molecular formula is C17H33N3OS. The van der Waals surface area contributed by atoms with Crippen LogP contribution < -0.4 is 5.32 Å². The van der Waals surface area contributed by atoms with Gasteiger partial charge in [-0.1, -0.05) is 13.3 Å². The van der Waals surface area contributed by atoms with E-state index in [0.29, 0.717) is 5.41 Å². The lowest BCUT2D eigenvalue weighted by Gasteiger charge is -2.41. The molecule has 2 fully saturated rings. The van der Waals surface area contributed by atoms with Crippen LogP contribution in [0.4, 0.5) is 0 Å². The van der Waals surface area contributed by atoms with Crippen LogP contribution in [0.3, 0.4) is 0 Å². The van der Waals surface area contributed by atoms with E-state index >= 15 is 0 Å².